The second-order valence-corrected chi connectivity index (χ2v) is 11.8. The van der Waals surface area contributed by atoms with Crippen molar-refractivity contribution in [3.05, 3.63) is 72.8 Å². The van der Waals surface area contributed by atoms with Gasteiger partial charge in [0.2, 0.25) is 0 Å². The summed E-state index contributed by atoms with van der Waals surface area (Å²) < 4.78 is 109. The van der Waals surface area contributed by atoms with Gasteiger partial charge in [0.15, 0.2) is 0 Å². The minimum absolute atomic E-state index is 0.0318. The molecule has 12 heteroatoms. The molecule has 0 aliphatic carbocycles. The summed E-state index contributed by atoms with van der Waals surface area (Å²) in [6, 6.07) is 16.6. The van der Waals surface area contributed by atoms with E-state index in [1.54, 1.807) is 0 Å². The Kier molecular flexibility index (Phi) is 8.31. The van der Waals surface area contributed by atoms with Gasteiger partial charge in [0.05, 0.1) is 0 Å². The number of hydrogen-bond acceptors (Lipinski definition) is 5. The predicted molar refractivity (Wildman–Crippen MR) is 129 cm³/mol. The number of methoxy groups -OCH3 is 3. The first kappa shape index (κ1) is 28.6. The topological polar surface area (TPSA) is 46.2 Å². The Morgan fingerprint density at radius 1 is 0.486 bits per heavy atom. The van der Waals surface area contributed by atoms with Crippen LogP contribution in [-0.4, -0.2) is 46.9 Å². The first-order chi connectivity index (χ1) is 17.4. The van der Waals surface area contributed by atoms with E-state index >= 15 is 0 Å². The number of hydrogen-bond donors (Lipinski definition) is 0. The second-order valence-electron chi connectivity index (χ2n) is 7.83. The molecule has 0 amide bonds. The zero-order valence-electron chi connectivity index (χ0n) is 20.1. The van der Waals surface area contributed by atoms with Crippen LogP contribution in [0.15, 0.2) is 72.8 Å². The summed E-state index contributed by atoms with van der Waals surface area (Å²) in [5.41, 5.74) is 0. The molecule has 0 N–H and O–H groups in total. The molecular weight excluding hydrogens is 525 g/mol. The van der Waals surface area contributed by atoms with E-state index in [-0.39, 0.29) is 15.9 Å². The zero-order chi connectivity index (χ0) is 27.3. The summed E-state index contributed by atoms with van der Waals surface area (Å²) in [4.78, 5) is 0. The number of benzene rings is 3. The van der Waals surface area contributed by atoms with Gasteiger partial charge in [-0.2, -0.15) is 0 Å². The van der Waals surface area contributed by atoms with E-state index in [2.05, 4.69) is 0 Å². The van der Waals surface area contributed by atoms with Crippen molar-refractivity contribution in [3.8, 4) is 17.2 Å². The molecule has 37 heavy (non-hydrogen) atoms. The van der Waals surface area contributed by atoms with Gasteiger partial charge in [0, 0.05) is 0 Å². The van der Waals surface area contributed by atoms with E-state index in [9.17, 15) is 26.3 Å². The van der Waals surface area contributed by atoms with Crippen LogP contribution in [0.2, 0.25) is 0 Å². The zero-order valence-corrected chi connectivity index (χ0v) is 21.0. The van der Waals surface area contributed by atoms with Crippen LogP contribution in [0.25, 0.3) is 0 Å². The predicted octanol–water partition coefficient (Wildman–Crippen LogP) is 5.53. The first-order valence-electron chi connectivity index (χ1n) is 10.8. The van der Waals surface area contributed by atoms with E-state index in [1.165, 1.54) is 94.1 Å². The van der Waals surface area contributed by atoms with Crippen molar-refractivity contribution in [2.45, 2.75) is 12.4 Å². The summed E-state index contributed by atoms with van der Waals surface area (Å²) in [5, 5.41) is -0.0955. The summed E-state index contributed by atoms with van der Waals surface area (Å²) in [6.45, 7) is -3.76. The van der Waals surface area contributed by atoms with Crippen LogP contribution in [-0.2, 0) is 9.05 Å². The van der Waals surface area contributed by atoms with Crippen LogP contribution in [0.1, 0.15) is 0 Å². The van der Waals surface area contributed by atoms with Crippen LogP contribution >= 0.6 is 7.06 Å². The molecule has 3 aromatic carbocycles. The van der Waals surface area contributed by atoms with Gasteiger partial charge in [-0.15, -0.1) is 0 Å². The monoisotopic (exact) mass is 550 g/mol. The molecule has 3 rings (SSSR count). The second kappa shape index (κ2) is 10.8. The fourth-order valence-electron chi connectivity index (χ4n) is 3.88. The van der Waals surface area contributed by atoms with Crippen LogP contribution in [0, 0.1) is 0 Å². The Hall–Kier alpha value is -3.01. The van der Waals surface area contributed by atoms with Crippen molar-refractivity contribution >= 4 is 23.0 Å². The molecule has 5 nitrogen and oxygen atoms in total. The molecule has 0 unspecified atom stereocenters. The maximum absolute atomic E-state index is 13.7. The molecule has 0 aliphatic rings. The molecule has 0 atom stereocenters. The number of rotatable bonds is 10. The van der Waals surface area contributed by atoms with Gasteiger partial charge >= 0.3 is 210 Å². The maximum atomic E-state index is 13.7. The molecule has 3 aromatic rings. The molecule has 0 saturated carbocycles. The van der Waals surface area contributed by atoms with E-state index in [0.29, 0.717) is 17.2 Å². The Bertz CT molecular complexity index is 1020. The van der Waals surface area contributed by atoms with E-state index in [1.807, 2.05) is 0 Å². The number of ether oxygens (including phenoxy) is 3. The van der Waals surface area contributed by atoms with Gasteiger partial charge in [-0.1, -0.05) is 0 Å². The van der Waals surface area contributed by atoms with Crippen molar-refractivity contribution in [1.29, 1.82) is 0 Å². The molecule has 0 aliphatic heterocycles. The Morgan fingerprint density at radius 2 is 0.730 bits per heavy atom. The van der Waals surface area contributed by atoms with Crippen LogP contribution in [0.3, 0.4) is 0 Å². The van der Waals surface area contributed by atoms with Crippen LogP contribution < -0.4 is 30.1 Å². The summed E-state index contributed by atoms with van der Waals surface area (Å²) in [5.74, 6) is 0.990. The number of alkyl halides is 6. The number of halogens is 6. The third-order valence-electron chi connectivity index (χ3n) is 5.57. The average Bonchev–Trinajstić information content (AvgIpc) is 2.89. The Balaban J connectivity index is 2.50. The van der Waals surface area contributed by atoms with E-state index in [0.717, 1.165) is 0 Å². The molecule has 0 saturated heterocycles. The van der Waals surface area contributed by atoms with Gasteiger partial charge in [0.1, 0.15) is 0 Å². The molecule has 0 spiro atoms. The first-order valence-corrected chi connectivity index (χ1v) is 12.8. The van der Waals surface area contributed by atoms with Gasteiger partial charge in [-0.05, 0) is 0 Å². The summed E-state index contributed by atoms with van der Waals surface area (Å²) in [7, 11) is -1.31. The van der Waals surface area contributed by atoms with Crippen molar-refractivity contribution in [2.24, 2.45) is 0 Å². The quantitative estimate of drug-likeness (QED) is 0.246. The molecule has 0 aromatic heterocycles. The Morgan fingerprint density at radius 3 is 0.919 bits per heavy atom. The normalized spacial score (nSPS) is 13.5. The van der Waals surface area contributed by atoms with Crippen LogP contribution in [0.5, 0.6) is 17.2 Å². The molecule has 202 valence electrons. The standard InChI is InChI=1S/C25H25F6O5P/c1-32-18-4-10-21(11-5-18)37(35-16-24(26,27)28,36-17-25(29,30)31,22-12-6-19(33-2)7-13-22)23-14-8-20(34-3)9-15-23/h4-15H,16-17H2,1-3H3. The van der Waals surface area contributed by atoms with Crippen molar-refractivity contribution in [3.63, 3.8) is 0 Å². The minimum atomic E-state index is -5.44. The Labute approximate surface area is 210 Å². The molecule has 0 heterocycles. The van der Waals surface area contributed by atoms with E-state index < -0.39 is 32.6 Å². The molecular formula is C25H25F6O5P. The molecule has 0 fully saturated rings. The van der Waals surface area contributed by atoms with Crippen LogP contribution in [0.4, 0.5) is 26.3 Å². The third-order valence-corrected chi connectivity index (χ3v) is 10.5. The van der Waals surface area contributed by atoms with Crippen molar-refractivity contribution < 1.29 is 49.6 Å². The average molecular weight is 550 g/mol. The van der Waals surface area contributed by atoms with Crippen molar-refractivity contribution in [2.75, 3.05) is 34.5 Å². The van der Waals surface area contributed by atoms with Gasteiger partial charge in [0.25, 0.3) is 0 Å². The van der Waals surface area contributed by atoms with Crippen molar-refractivity contribution in [1.82, 2.24) is 0 Å². The van der Waals surface area contributed by atoms with Gasteiger partial charge in [-0.3, -0.25) is 0 Å². The fraction of sp³-hybridized carbons (Fsp3) is 0.280. The summed E-state index contributed by atoms with van der Waals surface area (Å²) in [6.07, 6.45) is -9.79. The molecule has 0 bridgehead atoms. The van der Waals surface area contributed by atoms with Gasteiger partial charge in [-0.25, -0.2) is 0 Å². The summed E-state index contributed by atoms with van der Waals surface area (Å²) >= 11 is 0. The van der Waals surface area contributed by atoms with E-state index in [4.69, 9.17) is 23.3 Å². The third kappa shape index (κ3) is 5.95. The molecule has 0 radical (unpaired) electrons. The SMILES string of the molecule is COc1ccc(P(OCC(F)(F)F)(OCC(F)(F)F)(c2ccc(OC)cc2)c2ccc(OC)cc2)cc1. The fourth-order valence-corrected chi connectivity index (χ4v) is 8.60. The van der Waals surface area contributed by atoms with Gasteiger partial charge < -0.3 is 0 Å².